The van der Waals surface area contributed by atoms with Crippen LogP contribution in [0, 0.1) is 12.8 Å². The highest BCUT2D eigenvalue weighted by atomic mass is 32.1. The summed E-state index contributed by atoms with van der Waals surface area (Å²) in [6.07, 6.45) is 4.43. The number of nitrogens with zero attached hydrogens (tertiary/aromatic N) is 2. The molecule has 0 radical (unpaired) electrons. The highest BCUT2D eigenvalue weighted by Crippen LogP contribution is 2.28. The summed E-state index contributed by atoms with van der Waals surface area (Å²) >= 11 is 1.60. The highest BCUT2D eigenvalue weighted by Gasteiger charge is 2.29. The summed E-state index contributed by atoms with van der Waals surface area (Å²) in [6.45, 7) is 7.28. The van der Waals surface area contributed by atoms with Crippen LogP contribution < -0.4 is 4.74 Å². The smallest absolute Gasteiger partial charge is 0.226 e. The van der Waals surface area contributed by atoms with E-state index in [9.17, 15) is 4.79 Å². The Morgan fingerprint density at radius 3 is 2.62 bits per heavy atom. The molecule has 0 saturated heterocycles. The van der Waals surface area contributed by atoms with E-state index >= 15 is 0 Å². The third-order valence-corrected chi connectivity index (χ3v) is 5.80. The number of aromatic nitrogens is 1. The van der Waals surface area contributed by atoms with Gasteiger partial charge in [-0.3, -0.25) is 4.79 Å². The van der Waals surface area contributed by atoms with Gasteiger partial charge in [0.15, 0.2) is 0 Å². The van der Waals surface area contributed by atoms with Gasteiger partial charge in [-0.2, -0.15) is 0 Å². The van der Waals surface area contributed by atoms with Crippen molar-refractivity contribution >= 4 is 17.2 Å². The van der Waals surface area contributed by atoms with E-state index in [0.717, 1.165) is 29.3 Å². The van der Waals surface area contributed by atoms with E-state index in [4.69, 9.17) is 4.74 Å². The monoisotopic (exact) mass is 372 g/mol. The molecule has 1 amide bonds. The quantitative estimate of drug-likeness (QED) is 0.690. The van der Waals surface area contributed by atoms with Crippen molar-refractivity contribution < 1.29 is 9.53 Å². The van der Waals surface area contributed by atoms with Gasteiger partial charge in [0.25, 0.3) is 0 Å². The molecule has 2 aromatic rings. The summed E-state index contributed by atoms with van der Waals surface area (Å²) in [5.74, 6) is 1.36. The molecule has 1 aliphatic rings. The second-order valence-electron chi connectivity index (χ2n) is 7.38. The lowest BCUT2D eigenvalue weighted by Gasteiger charge is -2.28. The molecule has 0 spiro atoms. The number of aryl methyl sites for hydroxylation is 1. The molecule has 0 unspecified atom stereocenters. The molecule has 1 heterocycles. The standard InChI is InChI=1S/C21H28N2O2S/c1-15(2)23(21(24)17-6-4-5-7-17)12-18-14-26-20(22-18)13-25-19-10-8-16(3)9-11-19/h8-11,14-15,17H,4-7,12-13H2,1-3H3. The van der Waals surface area contributed by atoms with E-state index in [0.29, 0.717) is 19.1 Å². The number of carbonyl (C=O) groups is 1. The molecule has 1 fully saturated rings. The van der Waals surface area contributed by atoms with Crippen molar-refractivity contribution in [3.8, 4) is 5.75 Å². The molecule has 0 aliphatic heterocycles. The molecule has 26 heavy (non-hydrogen) atoms. The zero-order valence-corrected chi connectivity index (χ0v) is 16.7. The number of hydrogen-bond donors (Lipinski definition) is 0. The fourth-order valence-corrected chi connectivity index (χ4v) is 4.06. The summed E-state index contributed by atoms with van der Waals surface area (Å²) in [6, 6.07) is 8.22. The molecular weight excluding hydrogens is 344 g/mol. The van der Waals surface area contributed by atoms with Gasteiger partial charge >= 0.3 is 0 Å². The first-order valence-electron chi connectivity index (χ1n) is 9.46. The van der Waals surface area contributed by atoms with E-state index in [-0.39, 0.29) is 12.0 Å². The van der Waals surface area contributed by atoms with Gasteiger partial charge in [-0.05, 0) is 45.7 Å². The van der Waals surface area contributed by atoms with Crippen LogP contribution in [0.15, 0.2) is 29.6 Å². The van der Waals surface area contributed by atoms with E-state index in [1.807, 2.05) is 34.5 Å². The van der Waals surface area contributed by atoms with Gasteiger partial charge in [-0.1, -0.05) is 30.5 Å². The molecule has 5 heteroatoms. The van der Waals surface area contributed by atoms with Gasteiger partial charge in [0.05, 0.1) is 12.2 Å². The number of ether oxygens (including phenoxy) is 1. The third-order valence-electron chi connectivity index (χ3n) is 4.93. The van der Waals surface area contributed by atoms with Gasteiger partial charge in [-0.25, -0.2) is 4.98 Å². The molecule has 140 valence electrons. The van der Waals surface area contributed by atoms with Crippen LogP contribution >= 0.6 is 11.3 Å². The summed E-state index contributed by atoms with van der Waals surface area (Å²) in [4.78, 5) is 19.5. The van der Waals surface area contributed by atoms with Crippen LogP contribution in [-0.2, 0) is 17.9 Å². The zero-order chi connectivity index (χ0) is 18.5. The fourth-order valence-electron chi connectivity index (χ4n) is 3.36. The lowest BCUT2D eigenvalue weighted by atomic mass is 10.1. The highest BCUT2D eigenvalue weighted by molar-refractivity contribution is 7.09. The molecule has 1 aliphatic carbocycles. The first-order valence-corrected chi connectivity index (χ1v) is 10.3. The largest absolute Gasteiger partial charge is 0.486 e. The van der Waals surface area contributed by atoms with Crippen molar-refractivity contribution in [2.45, 2.75) is 65.6 Å². The Morgan fingerprint density at radius 1 is 1.27 bits per heavy atom. The predicted molar refractivity (Wildman–Crippen MR) is 105 cm³/mol. The summed E-state index contributed by atoms with van der Waals surface area (Å²) in [5, 5.41) is 2.99. The molecule has 1 aromatic carbocycles. The van der Waals surface area contributed by atoms with Crippen LogP contribution in [0.2, 0.25) is 0 Å². The molecule has 0 N–H and O–H groups in total. The number of rotatable bonds is 7. The Balaban J connectivity index is 1.58. The van der Waals surface area contributed by atoms with Gasteiger partial charge < -0.3 is 9.64 Å². The van der Waals surface area contributed by atoms with Gasteiger partial charge in [0, 0.05) is 17.3 Å². The van der Waals surface area contributed by atoms with E-state index in [1.165, 1.54) is 18.4 Å². The van der Waals surface area contributed by atoms with Gasteiger partial charge in [0.2, 0.25) is 5.91 Å². The molecule has 0 bridgehead atoms. The zero-order valence-electron chi connectivity index (χ0n) is 15.9. The molecule has 4 nitrogen and oxygen atoms in total. The number of thiazole rings is 1. The molecular formula is C21H28N2O2S. The van der Waals surface area contributed by atoms with E-state index in [2.05, 4.69) is 25.8 Å². The molecule has 1 saturated carbocycles. The van der Waals surface area contributed by atoms with Crippen LogP contribution in [-0.4, -0.2) is 21.8 Å². The van der Waals surface area contributed by atoms with Crippen LogP contribution in [0.1, 0.15) is 55.8 Å². The maximum Gasteiger partial charge on any atom is 0.226 e. The lowest BCUT2D eigenvalue weighted by Crippen LogP contribution is -2.39. The van der Waals surface area contributed by atoms with Crippen LogP contribution in [0.4, 0.5) is 0 Å². The second kappa shape index (κ2) is 8.67. The minimum Gasteiger partial charge on any atom is -0.486 e. The second-order valence-corrected chi connectivity index (χ2v) is 8.32. The Bertz CT molecular complexity index is 718. The first-order chi connectivity index (χ1) is 12.5. The Hall–Kier alpha value is -1.88. The van der Waals surface area contributed by atoms with Crippen molar-refractivity contribution in [2.75, 3.05) is 0 Å². The average molecular weight is 373 g/mol. The van der Waals surface area contributed by atoms with Crippen molar-refractivity contribution in [3.05, 3.63) is 45.9 Å². The Labute approximate surface area is 160 Å². The van der Waals surface area contributed by atoms with Crippen molar-refractivity contribution in [1.82, 2.24) is 9.88 Å². The molecule has 0 atom stereocenters. The summed E-state index contributed by atoms with van der Waals surface area (Å²) in [7, 11) is 0. The van der Waals surface area contributed by atoms with Crippen LogP contribution in [0.25, 0.3) is 0 Å². The fraction of sp³-hybridized carbons (Fsp3) is 0.524. The predicted octanol–water partition coefficient (Wildman–Crippen LogP) is 4.96. The van der Waals surface area contributed by atoms with Gasteiger partial charge in [0.1, 0.15) is 17.4 Å². The number of hydrogen-bond acceptors (Lipinski definition) is 4. The Kier molecular flexibility index (Phi) is 6.30. The normalized spacial score (nSPS) is 14.8. The number of benzene rings is 1. The number of amides is 1. The molecule has 3 rings (SSSR count). The first kappa shape index (κ1) is 18.9. The van der Waals surface area contributed by atoms with Crippen LogP contribution in [0.3, 0.4) is 0 Å². The van der Waals surface area contributed by atoms with Crippen LogP contribution in [0.5, 0.6) is 5.75 Å². The summed E-state index contributed by atoms with van der Waals surface area (Å²) < 4.78 is 5.81. The maximum atomic E-state index is 12.8. The van der Waals surface area contributed by atoms with E-state index < -0.39 is 0 Å². The van der Waals surface area contributed by atoms with Crippen molar-refractivity contribution in [1.29, 1.82) is 0 Å². The maximum absolute atomic E-state index is 12.8. The van der Waals surface area contributed by atoms with Crippen molar-refractivity contribution in [2.24, 2.45) is 5.92 Å². The SMILES string of the molecule is Cc1ccc(OCc2nc(CN(C(=O)C3CCCC3)C(C)C)cs2)cc1. The van der Waals surface area contributed by atoms with Crippen molar-refractivity contribution in [3.63, 3.8) is 0 Å². The van der Waals surface area contributed by atoms with E-state index in [1.54, 1.807) is 11.3 Å². The topological polar surface area (TPSA) is 42.4 Å². The van der Waals surface area contributed by atoms with Gasteiger partial charge in [-0.15, -0.1) is 11.3 Å². The molecule has 1 aromatic heterocycles. The average Bonchev–Trinajstić information content (AvgIpc) is 3.30. The minimum atomic E-state index is 0.192. The lowest BCUT2D eigenvalue weighted by molar-refractivity contribution is -0.137. The summed E-state index contributed by atoms with van der Waals surface area (Å²) in [5.41, 5.74) is 2.17. The Morgan fingerprint density at radius 2 is 1.96 bits per heavy atom. The number of carbonyl (C=O) groups excluding carboxylic acids is 1. The minimum absolute atomic E-state index is 0.192. The third kappa shape index (κ3) is 4.85.